The first-order valence-corrected chi connectivity index (χ1v) is 6.42. The van der Waals surface area contributed by atoms with Gasteiger partial charge in [-0.1, -0.05) is 19.8 Å². The van der Waals surface area contributed by atoms with E-state index < -0.39 is 0 Å². The molecule has 0 bridgehead atoms. The normalized spacial score (nSPS) is 14.4. The van der Waals surface area contributed by atoms with E-state index >= 15 is 0 Å². The van der Waals surface area contributed by atoms with Crippen LogP contribution in [0.25, 0.3) is 0 Å². The summed E-state index contributed by atoms with van der Waals surface area (Å²) in [7, 11) is 3.93. The molecule has 1 unspecified atom stereocenters. The summed E-state index contributed by atoms with van der Waals surface area (Å²) in [6, 6.07) is 0.423. The lowest BCUT2D eigenvalue weighted by Crippen LogP contribution is -2.43. The predicted molar refractivity (Wildman–Crippen MR) is 70.7 cm³/mol. The van der Waals surface area contributed by atoms with E-state index in [0.717, 1.165) is 13.0 Å². The van der Waals surface area contributed by atoms with Crippen molar-refractivity contribution < 1.29 is 4.74 Å². The highest BCUT2D eigenvalue weighted by molar-refractivity contribution is 4.80. The van der Waals surface area contributed by atoms with Gasteiger partial charge in [0.25, 0.3) is 0 Å². The van der Waals surface area contributed by atoms with Gasteiger partial charge in [-0.15, -0.1) is 0 Å². The Labute approximate surface area is 101 Å². The molecule has 3 heteroatoms. The molecule has 0 amide bonds. The van der Waals surface area contributed by atoms with Crippen molar-refractivity contribution in [3.05, 3.63) is 0 Å². The van der Waals surface area contributed by atoms with Crippen molar-refractivity contribution in [3.63, 3.8) is 0 Å². The molecule has 0 spiro atoms. The fraction of sp³-hybridized carbons (Fsp3) is 1.00. The Balaban J connectivity index is 4.05. The Bertz CT molecular complexity index is 171. The van der Waals surface area contributed by atoms with E-state index in [1.165, 1.54) is 19.3 Å². The molecule has 0 aromatic carbocycles. The first kappa shape index (κ1) is 15.9. The van der Waals surface area contributed by atoms with Crippen LogP contribution in [0.5, 0.6) is 0 Å². The molecule has 0 aromatic rings. The van der Waals surface area contributed by atoms with Gasteiger partial charge in [-0.05, 0) is 40.3 Å². The monoisotopic (exact) mass is 230 g/mol. The first-order valence-electron chi connectivity index (χ1n) is 6.42. The summed E-state index contributed by atoms with van der Waals surface area (Å²) in [5.74, 6) is 0. The molecule has 16 heavy (non-hydrogen) atoms. The average molecular weight is 230 g/mol. The third kappa shape index (κ3) is 6.46. The number of nitrogens with two attached hydrogens (primary N) is 1. The molecule has 0 aromatic heterocycles. The van der Waals surface area contributed by atoms with Gasteiger partial charge in [-0.25, -0.2) is 0 Å². The van der Waals surface area contributed by atoms with Gasteiger partial charge in [-0.2, -0.15) is 0 Å². The van der Waals surface area contributed by atoms with Crippen LogP contribution in [0.1, 0.15) is 46.5 Å². The molecule has 0 saturated carbocycles. The molecule has 1 atom stereocenters. The molecule has 2 N–H and O–H groups in total. The van der Waals surface area contributed by atoms with E-state index in [1.807, 2.05) is 0 Å². The predicted octanol–water partition coefficient (Wildman–Crippen LogP) is 2.25. The fourth-order valence-electron chi connectivity index (χ4n) is 1.86. The van der Waals surface area contributed by atoms with Gasteiger partial charge in [0, 0.05) is 19.7 Å². The SMILES string of the molecule is CCCCCN(C)C(CN)CC(C)(C)OC. The number of hydrogen-bond acceptors (Lipinski definition) is 3. The second kappa shape index (κ2) is 8.04. The minimum Gasteiger partial charge on any atom is -0.379 e. The Morgan fingerprint density at radius 1 is 1.31 bits per heavy atom. The van der Waals surface area contributed by atoms with Crippen LogP contribution in [-0.4, -0.2) is 43.8 Å². The molecule has 0 aliphatic heterocycles. The highest BCUT2D eigenvalue weighted by atomic mass is 16.5. The van der Waals surface area contributed by atoms with Gasteiger partial charge in [0.2, 0.25) is 0 Å². The minimum absolute atomic E-state index is 0.0803. The molecular formula is C13H30N2O. The molecule has 0 heterocycles. The zero-order valence-corrected chi connectivity index (χ0v) is 11.8. The van der Waals surface area contributed by atoms with Crippen molar-refractivity contribution in [1.29, 1.82) is 0 Å². The van der Waals surface area contributed by atoms with Crippen LogP contribution < -0.4 is 5.73 Å². The maximum absolute atomic E-state index is 5.84. The summed E-state index contributed by atoms with van der Waals surface area (Å²) in [4.78, 5) is 2.37. The summed E-state index contributed by atoms with van der Waals surface area (Å²) in [6.45, 7) is 8.31. The third-order valence-electron chi connectivity index (χ3n) is 3.29. The number of methoxy groups -OCH3 is 1. The minimum atomic E-state index is -0.0803. The number of ether oxygens (including phenoxy) is 1. The van der Waals surface area contributed by atoms with Gasteiger partial charge in [-0.3, -0.25) is 0 Å². The Kier molecular flexibility index (Phi) is 7.98. The van der Waals surface area contributed by atoms with Crippen LogP contribution in [0, 0.1) is 0 Å². The smallest absolute Gasteiger partial charge is 0.0638 e. The number of hydrogen-bond donors (Lipinski definition) is 1. The van der Waals surface area contributed by atoms with Gasteiger partial charge in [0.1, 0.15) is 0 Å². The lowest BCUT2D eigenvalue weighted by Gasteiger charge is -2.33. The van der Waals surface area contributed by atoms with Crippen LogP contribution >= 0.6 is 0 Å². The molecule has 0 aliphatic rings. The summed E-state index contributed by atoms with van der Waals surface area (Å²) in [5, 5.41) is 0. The van der Waals surface area contributed by atoms with E-state index in [0.29, 0.717) is 12.6 Å². The standard InChI is InChI=1S/C13H30N2O/c1-6-7-8-9-15(4)12(11-14)10-13(2,3)16-5/h12H,6-11,14H2,1-5H3. The van der Waals surface area contributed by atoms with Crippen molar-refractivity contribution in [3.8, 4) is 0 Å². The third-order valence-corrected chi connectivity index (χ3v) is 3.29. The second-order valence-electron chi connectivity index (χ2n) is 5.25. The van der Waals surface area contributed by atoms with Gasteiger partial charge in [0.15, 0.2) is 0 Å². The van der Waals surface area contributed by atoms with E-state index in [4.69, 9.17) is 10.5 Å². The largest absolute Gasteiger partial charge is 0.379 e. The van der Waals surface area contributed by atoms with Crippen LogP contribution in [0.4, 0.5) is 0 Å². The van der Waals surface area contributed by atoms with E-state index in [1.54, 1.807) is 7.11 Å². The summed E-state index contributed by atoms with van der Waals surface area (Å²) < 4.78 is 5.46. The number of rotatable bonds is 9. The van der Waals surface area contributed by atoms with Crippen LogP contribution in [0.15, 0.2) is 0 Å². The van der Waals surface area contributed by atoms with Crippen molar-refractivity contribution in [2.45, 2.75) is 58.1 Å². The Hall–Kier alpha value is -0.120. The van der Waals surface area contributed by atoms with Gasteiger partial charge in [0.05, 0.1) is 5.60 Å². The topological polar surface area (TPSA) is 38.5 Å². The summed E-state index contributed by atoms with van der Waals surface area (Å²) in [5.41, 5.74) is 5.76. The fourth-order valence-corrected chi connectivity index (χ4v) is 1.86. The first-order chi connectivity index (χ1) is 7.46. The van der Waals surface area contributed by atoms with E-state index in [9.17, 15) is 0 Å². The van der Waals surface area contributed by atoms with Gasteiger partial charge >= 0.3 is 0 Å². The van der Waals surface area contributed by atoms with Crippen molar-refractivity contribution >= 4 is 0 Å². The zero-order valence-electron chi connectivity index (χ0n) is 11.8. The number of nitrogens with zero attached hydrogens (tertiary/aromatic N) is 1. The quantitative estimate of drug-likeness (QED) is 0.617. The van der Waals surface area contributed by atoms with E-state index in [2.05, 4.69) is 32.7 Å². The van der Waals surface area contributed by atoms with Crippen LogP contribution in [0.2, 0.25) is 0 Å². The summed E-state index contributed by atoms with van der Waals surface area (Å²) in [6.07, 6.45) is 4.82. The lowest BCUT2D eigenvalue weighted by atomic mass is 9.97. The Morgan fingerprint density at radius 3 is 2.38 bits per heavy atom. The summed E-state index contributed by atoms with van der Waals surface area (Å²) >= 11 is 0. The maximum Gasteiger partial charge on any atom is 0.0638 e. The number of likely N-dealkylation sites (N-methyl/N-ethyl adjacent to an activating group) is 1. The lowest BCUT2D eigenvalue weighted by molar-refractivity contribution is -0.00461. The molecule has 0 fully saturated rings. The Morgan fingerprint density at radius 2 is 1.94 bits per heavy atom. The molecule has 0 saturated heterocycles. The molecule has 98 valence electrons. The van der Waals surface area contributed by atoms with Gasteiger partial charge < -0.3 is 15.4 Å². The maximum atomic E-state index is 5.84. The van der Waals surface area contributed by atoms with Crippen LogP contribution in [0.3, 0.4) is 0 Å². The molecule has 0 radical (unpaired) electrons. The second-order valence-corrected chi connectivity index (χ2v) is 5.25. The molecule has 3 nitrogen and oxygen atoms in total. The molecule has 0 rings (SSSR count). The van der Waals surface area contributed by atoms with E-state index in [-0.39, 0.29) is 5.60 Å². The highest BCUT2D eigenvalue weighted by Crippen LogP contribution is 2.18. The number of unbranched alkanes of at least 4 members (excludes halogenated alkanes) is 2. The van der Waals surface area contributed by atoms with Crippen LogP contribution in [-0.2, 0) is 4.74 Å². The average Bonchev–Trinajstić information content (AvgIpc) is 2.26. The molecule has 0 aliphatic carbocycles. The van der Waals surface area contributed by atoms with Crippen molar-refractivity contribution in [1.82, 2.24) is 4.90 Å². The van der Waals surface area contributed by atoms with Crippen molar-refractivity contribution in [2.24, 2.45) is 5.73 Å². The van der Waals surface area contributed by atoms with Crippen molar-refractivity contribution in [2.75, 3.05) is 27.2 Å². The highest BCUT2D eigenvalue weighted by Gasteiger charge is 2.24. The molecular weight excluding hydrogens is 200 g/mol. The zero-order chi connectivity index (χ0) is 12.6.